The van der Waals surface area contributed by atoms with Crippen LogP contribution in [0.25, 0.3) is 16.6 Å². The van der Waals surface area contributed by atoms with Crippen molar-refractivity contribution in [3.63, 3.8) is 0 Å². The molecule has 1 aromatic heterocycles. The first-order valence-electron chi connectivity index (χ1n) is 13.0. The smallest absolute Gasteiger partial charge is 0.266 e. The van der Waals surface area contributed by atoms with E-state index in [-0.39, 0.29) is 11.5 Å². The van der Waals surface area contributed by atoms with Crippen LogP contribution in [0.4, 0.5) is 0 Å². The number of halogens is 1. The Hall–Kier alpha value is -3.25. The van der Waals surface area contributed by atoms with Gasteiger partial charge in [-0.3, -0.25) is 14.2 Å². The van der Waals surface area contributed by atoms with Crippen LogP contribution in [0.15, 0.2) is 76.0 Å². The van der Waals surface area contributed by atoms with E-state index in [0.717, 1.165) is 47.0 Å². The number of fused-ring (bicyclic) bond motifs is 1. The molecule has 4 aromatic rings. The molecule has 0 bridgehead atoms. The number of benzene rings is 3. The average Bonchev–Trinajstić information content (AvgIpc) is 2.90. The van der Waals surface area contributed by atoms with E-state index in [1.807, 2.05) is 85.5 Å². The van der Waals surface area contributed by atoms with Gasteiger partial charge in [-0.05, 0) is 80.8 Å². The van der Waals surface area contributed by atoms with Gasteiger partial charge in [-0.15, -0.1) is 0 Å². The monoisotopic (exact) mass is 559 g/mol. The highest BCUT2D eigenvalue weighted by molar-refractivity contribution is 9.10. The van der Waals surface area contributed by atoms with Gasteiger partial charge in [0.1, 0.15) is 5.82 Å². The van der Waals surface area contributed by atoms with Crippen LogP contribution >= 0.6 is 15.9 Å². The highest BCUT2D eigenvalue weighted by Crippen LogP contribution is 2.26. The van der Waals surface area contributed by atoms with Crippen molar-refractivity contribution in [2.45, 2.75) is 59.4 Å². The van der Waals surface area contributed by atoms with Crippen LogP contribution < -0.4 is 5.56 Å². The van der Waals surface area contributed by atoms with Crippen molar-refractivity contribution >= 4 is 32.7 Å². The molecule has 0 aliphatic heterocycles. The van der Waals surface area contributed by atoms with Crippen molar-refractivity contribution in [1.82, 2.24) is 14.5 Å². The van der Waals surface area contributed by atoms with Crippen LogP contribution in [0.3, 0.4) is 0 Å². The third kappa shape index (κ3) is 5.85. The van der Waals surface area contributed by atoms with Gasteiger partial charge in [-0.25, -0.2) is 4.98 Å². The maximum absolute atomic E-state index is 13.9. The molecule has 192 valence electrons. The highest BCUT2D eigenvalue weighted by Gasteiger charge is 2.27. The first-order chi connectivity index (χ1) is 17.8. The maximum Gasteiger partial charge on any atom is 0.266 e. The Morgan fingerprint density at radius 1 is 0.973 bits per heavy atom. The van der Waals surface area contributed by atoms with Crippen LogP contribution in [0.2, 0.25) is 0 Å². The van der Waals surface area contributed by atoms with Gasteiger partial charge in [0.25, 0.3) is 11.5 Å². The fourth-order valence-electron chi connectivity index (χ4n) is 4.65. The Kier molecular flexibility index (Phi) is 8.59. The Balaban J connectivity index is 1.87. The van der Waals surface area contributed by atoms with E-state index in [1.165, 1.54) is 0 Å². The van der Waals surface area contributed by atoms with Crippen molar-refractivity contribution < 1.29 is 4.79 Å². The van der Waals surface area contributed by atoms with Crippen molar-refractivity contribution in [3.8, 4) is 5.69 Å². The molecule has 37 heavy (non-hydrogen) atoms. The topological polar surface area (TPSA) is 55.2 Å². The van der Waals surface area contributed by atoms with Gasteiger partial charge in [0.2, 0.25) is 0 Å². The number of carbonyl (C=O) groups excluding carboxylic acids is 1. The van der Waals surface area contributed by atoms with Crippen molar-refractivity contribution in [2.75, 3.05) is 6.54 Å². The minimum atomic E-state index is -0.424. The van der Waals surface area contributed by atoms with E-state index in [4.69, 9.17) is 4.98 Å². The summed E-state index contributed by atoms with van der Waals surface area (Å²) in [6, 6.07) is 20.5. The normalized spacial score (nSPS) is 12.0. The Morgan fingerprint density at radius 2 is 1.76 bits per heavy atom. The zero-order valence-electron chi connectivity index (χ0n) is 22.0. The summed E-state index contributed by atoms with van der Waals surface area (Å²) >= 11 is 3.50. The largest absolute Gasteiger partial charge is 0.329 e. The van der Waals surface area contributed by atoms with Crippen LogP contribution in [0.1, 0.15) is 72.9 Å². The first-order valence-corrected chi connectivity index (χ1v) is 13.8. The second-order valence-corrected chi connectivity index (χ2v) is 10.6. The molecular formula is C31H34BrN3O2. The molecule has 5 nitrogen and oxygen atoms in total. The number of amides is 1. The number of hydrogen-bond donors (Lipinski definition) is 0. The van der Waals surface area contributed by atoms with E-state index in [2.05, 4.69) is 29.8 Å². The molecule has 1 atom stereocenters. The van der Waals surface area contributed by atoms with E-state index in [1.54, 1.807) is 4.57 Å². The van der Waals surface area contributed by atoms with Gasteiger partial charge in [0.15, 0.2) is 0 Å². The molecule has 4 rings (SSSR count). The standard InChI is InChI=1S/C31H34BrN3O2/c1-5-6-7-10-18-34(30(36)24-12-11-13-25(32)20-24)23(4)29-33-28-15-9-8-14-27(28)31(37)35(29)26-17-16-21(2)22(3)19-26/h8-9,11-17,19-20,23H,5-7,10,18H2,1-4H3. The SMILES string of the molecule is CCCCCCN(C(=O)c1cccc(Br)c1)C(C)c1nc2ccccc2c(=O)n1-c1ccc(C)c(C)c1. The average molecular weight is 561 g/mol. The molecule has 0 fully saturated rings. The third-order valence-electron chi connectivity index (χ3n) is 6.98. The van der Waals surface area contributed by atoms with E-state index in [9.17, 15) is 9.59 Å². The Bertz CT molecular complexity index is 1480. The van der Waals surface area contributed by atoms with Gasteiger partial charge in [-0.2, -0.15) is 0 Å². The number of aryl methyl sites for hydroxylation is 2. The third-order valence-corrected chi connectivity index (χ3v) is 7.47. The second-order valence-electron chi connectivity index (χ2n) is 9.64. The van der Waals surface area contributed by atoms with E-state index >= 15 is 0 Å². The summed E-state index contributed by atoms with van der Waals surface area (Å²) < 4.78 is 2.54. The van der Waals surface area contributed by atoms with Gasteiger partial charge < -0.3 is 4.90 Å². The summed E-state index contributed by atoms with van der Waals surface area (Å²) in [6.07, 6.45) is 4.17. The zero-order chi connectivity index (χ0) is 26.5. The van der Waals surface area contributed by atoms with Crippen molar-refractivity contribution in [3.05, 3.63) is 104 Å². The number of unbranched alkanes of at least 4 members (excludes halogenated alkanes) is 3. The molecule has 0 spiro atoms. The molecule has 3 aromatic carbocycles. The van der Waals surface area contributed by atoms with Crippen LogP contribution in [0, 0.1) is 13.8 Å². The summed E-state index contributed by atoms with van der Waals surface area (Å²) in [6.45, 7) is 8.83. The molecule has 1 unspecified atom stereocenters. The van der Waals surface area contributed by atoms with E-state index in [0.29, 0.717) is 28.8 Å². The molecular weight excluding hydrogens is 526 g/mol. The zero-order valence-corrected chi connectivity index (χ0v) is 23.6. The predicted molar refractivity (Wildman–Crippen MR) is 155 cm³/mol. The fourth-order valence-corrected chi connectivity index (χ4v) is 5.05. The van der Waals surface area contributed by atoms with Crippen LogP contribution in [-0.4, -0.2) is 26.9 Å². The number of aromatic nitrogens is 2. The Labute approximate surface area is 227 Å². The van der Waals surface area contributed by atoms with Gasteiger partial charge >= 0.3 is 0 Å². The first kappa shape index (κ1) is 26.8. The van der Waals surface area contributed by atoms with Crippen molar-refractivity contribution in [2.24, 2.45) is 0 Å². The van der Waals surface area contributed by atoms with E-state index < -0.39 is 6.04 Å². The minimum absolute atomic E-state index is 0.0701. The minimum Gasteiger partial charge on any atom is -0.329 e. The Morgan fingerprint density at radius 3 is 2.49 bits per heavy atom. The number of rotatable bonds is 9. The quantitative estimate of drug-likeness (QED) is 0.199. The number of nitrogens with zero attached hydrogens (tertiary/aromatic N) is 3. The summed E-state index contributed by atoms with van der Waals surface area (Å²) in [4.78, 5) is 34.6. The van der Waals surface area contributed by atoms with Gasteiger partial charge in [-0.1, -0.05) is 66.4 Å². The van der Waals surface area contributed by atoms with Crippen LogP contribution in [0.5, 0.6) is 0 Å². The highest BCUT2D eigenvalue weighted by atomic mass is 79.9. The molecule has 1 heterocycles. The lowest BCUT2D eigenvalue weighted by Gasteiger charge is -2.31. The molecule has 0 aliphatic rings. The summed E-state index contributed by atoms with van der Waals surface area (Å²) in [7, 11) is 0. The number of para-hydroxylation sites is 1. The molecule has 6 heteroatoms. The summed E-state index contributed by atoms with van der Waals surface area (Å²) in [5, 5.41) is 0.560. The number of carbonyl (C=O) groups is 1. The summed E-state index contributed by atoms with van der Waals surface area (Å²) in [5.74, 6) is 0.491. The maximum atomic E-state index is 13.9. The molecule has 0 saturated heterocycles. The lowest BCUT2D eigenvalue weighted by molar-refractivity contribution is 0.0677. The second kappa shape index (κ2) is 11.9. The predicted octanol–water partition coefficient (Wildman–Crippen LogP) is 7.55. The molecule has 0 radical (unpaired) electrons. The molecule has 1 amide bonds. The number of hydrogen-bond acceptors (Lipinski definition) is 3. The molecule has 0 N–H and O–H groups in total. The summed E-state index contributed by atoms with van der Waals surface area (Å²) in [5.41, 5.74) is 4.12. The molecule has 0 saturated carbocycles. The lowest BCUT2D eigenvalue weighted by atomic mass is 10.1. The van der Waals surface area contributed by atoms with Crippen molar-refractivity contribution in [1.29, 1.82) is 0 Å². The van der Waals surface area contributed by atoms with Gasteiger partial charge in [0, 0.05) is 16.6 Å². The fraction of sp³-hybridized carbons (Fsp3) is 0.323. The van der Waals surface area contributed by atoms with Gasteiger partial charge in [0.05, 0.1) is 22.6 Å². The lowest BCUT2D eigenvalue weighted by Crippen LogP contribution is -2.38. The van der Waals surface area contributed by atoms with Crippen LogP contribution in [-0.2, 0) is 0 Å². The molecule has 0 aliphatic carbocycles.